The lowest BCUT2D eigenvalue weighted by molar-refractivity contribution is -0.137. The van der Waals surface area contributed by atoms with Crippen LogP contribution in [-0.2, 0) is 9.53 Å². The number of nitriles is 1. The molecule has 28 heavy (non-hydrogen) atoms. The molecule has 0 heterocycles. The number of benzene rings is 2. The molecule has 0 spiro atoms. The highest BCUT2D eigenvalue weighted by Gasteiger charge is 2.14. The molecule has 0 fully saturated rings. The van der Waals surface area contributed by atoms with Crippen LogP contribution in [0.25, 0.3) is 6.08 Å². The van der Waals surface area contributed by atoms with Crippen LogP contribution in [0.1, 0.15) is 22.8 Å². The largest absolute Gasteiger partial charge is 0.497 e. The van der Waals surface area contributed by atoms with Gasteiger partial charge in [-0.25, -0.2) is 9.59 Å². The molecule has 2 aromatic rings. The predicted molar refractivity (Wildman–Crippen MR) is 101 cm³/mol. The molecule has 0 unspecified atom stereocenters. The van der Waals surface area contributed by atoms with Crippen molar-refractivity contribution in [3.05, 3.63) is 59.2 Å². The van der Waals surface area contributed by atoms with Crippen LogP contribution in [0.2, 0.25) is 0 Å². The second kappa shape index (κ2) is 9.78. The number of nitrogens with zero attached hydrogens (tertiary/aromatic N) is 1. The van der Waals surface area contributed by atoms with E-state index in [1.165, 1.54) is 26.4 Å². The van der Waals surface area contributed by atoms with E-state index in [4.69, 9.17) is 24.2 Å². The molecule has 7 heteroatoms. The summed E-state index contributed by atoms with van der Waals surface area (Å²) in [5.41, 5.74) is 0.721. The van der Waals surface area contributed by atoms with E-state index >= 15 is 0 Å². The van der Waals surface area contributed by atoms with Crippen molar-refractivity contribution < 1.29 is 28.5 Å². The van der Waals surface area contributed by atoms with Crippen LogP contribution in [0.3, 0.4) is 0 Å². The van der Waals surface area contributed by atoms with Crippen molar-refractivity contribution >= 4 is 18.0 Å². The summed E-state index contributed by atoms with van der Waals surface area (Å²) in [5, 5.41) is 9.12. The van der Waals surface area contributed by atoms with Crippen molar-refractivity contribution in [2.75, 3.05) is 20.8 Å². The van der Waals surface area contributed by atoms with Crippen LogP contribution in [0.15, 0.2) is 48.0 Å². The van der Waals surface area contributed by atoms with E-state index in [0.29, 0.717) is 16.9 Å². The zero-order valence-corrected chi connectivity index (χ0v) is 15.7. The molecule has 0 aliphatic carbocycles. The molecule has 7 nitrogen and oxygen atoms in total. The summed E-state index contributed by atoms with van der Waals surface area (Å²) in [6, 6.07) is 12.9. The highest BCUT2D eigenvalue weighted by molar-refractivity contribution is 5.98. The third kappa shape index (κ3) is 5.11. The lowest BCUT2D eigenvalue weighted by Gasteiger charge is -2.10. The summed E-state index contributed by atoms with van der Waals surface area (Å²) in [7, 11) is 2.96. The van der Waals surface area contributed by atoms with Gasteiger partial charge in [-0.05, 0) is 55.0 Å². The number of esters is 2. The normalized spacial score (nSPS) is 10.6. The summed E-state index contributed by atoms with van der Waals surface area (Å²) >= 11 is 0. The van der Waals surface area contributed by atoms with Gasteiger partial charge in [0.2, 0.25) is 0 Å². The maximum absolute atomic E-state index is 12.3. The molecule has 144 valence electrons. The van der Waals surface area contributed by atoms with Gasteiger partial charge in [0.25, 0.3) is 0 Å². The molecule has 0 N–H and O–H groups in total. The Balaban J connectivity index is 2.23. The fourth-order valence-electron chi connectivity index (χ4n) is 2.26. The molecule has 0 radical (unpaired) electrons. The first-order valence-electron chi connectivity index (χ1n) is 8.35. The van der Waals surface area contributed by atoms with E-state index in [2.05, 4.69) is 0 Å². The third-order valence-electron chi connectivity index (χ3n) is 3.64. The maximum atomic E-state index is 12.3. The minimum Gasteiger partial charge on any atom is -0.497 e. The van der Waals surface area contributed by atoms with E-state index in [1.54, 1.807) is 49.4 Å². The second-order valence-corrected chi connectivity index (χ2v) is 5.42. The molecule has 0 saturated carbocycles. The number of ether oxygens (including phenoxy) is 4. The predicted octanol–water partition coefficient (Wildman–Crippen LogP) is 3.39. The zero-order chi connectivity index (χ0) is 20.5. The van der Waals surface area contributed by atoms with Gasteiger partial charge in [-0.15, -0.1) is 0 Å². The Labute approximate surface area is 162 Å². The number of methoxy groups -OCH3 is 2. The summed E-state index contributed by atoms with van der Waals surface area (Å²) < 4.78 is 20.5. The molecule has 2 aromatic carbocycles. The van der Waals surface area contributed by atoms with Gasteiger partial charge in [-0.1, -0.05) is 6.07 Å². The van der Waals surface area contributed by atoms with Gasteiger partial charge in [0.05, 0.1) is 26.4 Å². The SMILES string of the molecule is CCOC(=O)/C(C#N)=C/c1ccc(OC(=O)c2ccc(OC)cc2)c(OC)c1. The van der Waals surface area contributed by atoms with E-state index in [9.17, 15) is 9.59 Å². The van der Waals surface area contributed by atoms with Gasteiger partial charge >= 0.3 is 11.9 Å². The van der Waals surface area contributed by atoms with E-state index in [-0.39, 0.29) is 23.7 Å². The smallest absolute Gasteiger partial charge is 0.348 e. The molecule has 0 aromatic heterocycles. The van der Waals surface area contributed by atoms with Crippen molar-refractivity contribution in [1.82, 2.24) is 0 Å². The standard InChI is InChI=1S/C21H19NO6/c1-4-27-20(23)16(13-22)11-14-5-10-18(19(12-14)26-3)28-21(24)15-6-8-17(25-2)9-7-15/h5-12H,4H2,1-3H3/b16-11+. The van der Waals surface area contributed by atoms with Crippen LogP contribution >= 0.6 is 0 Å². The summed E-state index contributed by atoms with van der Waals surface area (Å²) in [6.07, 6.45) is 1.37. The lowest BCUT2D eigenvalue weighted by Crippen LogP contribution is -2.09. The van der Waals surface area contributed by atoms with Gasteiger partial charge in [-0.2, -0.15) is 5.26 Å². The highest BCUT2D eigenvalue weighted by atomic mass is 16.6. The Morgan fingerprint density at radius 3 is 2.32 bits per heavy atom. The maximum Gasteiger partial charge on any atom is 0.348 e. The average molecular weight is 381 g/mol. The van der Waals surface area contributed by atoms with Gasteiger partial charge in [-0.3, -0.25) is 0 Å². The number of hydrogen-bond acceptors (Lipinski definition) is 7. The van der Waals surface area contributed by atoms with Crippen molar-refractivity contribution in [3.63, 3.8) is 0 Å². The van der Waals surface area contributed by atoms with Crippen molar-refractivity contribution in [3.8, 4) is 23.3 Å². The minimum atomic E-state index is -0.709. The molecule has 0 atom stereocenters. The third-order valence-corrected chi connectivity index (χ3v) is 3.64. The molecule has 0 bridgehead atoms. The van der Waals surface area contributed by atoms with Gasteiger partial charge in [0.1, 0.15) is 17.4 Å². The van der Waals surface area contributed by atoms with Gasteiger partial charge < -0.3 is 18.9 Å². The minimum absolute atomic E-state index is 0.146. The van der Waals surface area contributed by atoms with Crippen LogP contribution in [0.4, 0.5) is 0 Å². The Kier molecular flexibility index (Phi) is 7.17. The second-order valence-electron chi connectivity index (χ2n) is 5.42. The Bertz CT molecular complexity index is 925. The lowest BCUT2D eigenvalue weighted by atomic mass is 10.1. The van der Waals surface area contributed by atoms with E-state index in [1.807, 2.05) is 0 Å². The van der Waals surface area contributed by atoms with Crippen LogP contribution < -0.4 is 14.2 Å². The first kappa shape index (κ1) is 20.5. The Hall–Kier alpha value is -3.79. The molecule has 0 saturated heterocycles. The van der Waals surface area contributed by atoms with Crippen molar-refractivity contribution in [2.24, 2.45) is 0 Å². The Morgan fingerprint density at radius 1 is 1.04 bits per heavy atom. The molecule has 0 aliphatic rings. The first-order chi connectivity index (χ1) is 13.5. The fraction of sp³-hybridized carbons (Fsp3) is 0.190. The topological polar surface area (TPSA) is 94.9 Å². The zero-order valence-electron chi connectivity index (χ0n) is 15.7. The monoisotopic (exact) mass is 381 g/mol. The van der Waals surface area contributed by atoms with E-state index < -0.39 is 11.9 Å². The van der Waals surface area contributed by atoms with Gasteiger partial charge in [0, 0.05) is 0 Å². The van der Waals surface area contributed by atoms with Crippen LogP contribution in [0, 0.1) is 11.3 Å². The Morgan fingerprint density at radius 2 is 1.75 bits per heavy atom. The quantitative estimate of drug-likeness (QED) is 0.314. The molecule has 0 aliphatic heterocycles. The molecule has 2 rings (SSSR count). The highest BCUT2D eigenvalue weighted by Crippen LogP contribution is 2.30. The molecule has 0 amide bonds. The summed E-state index contributed by atoms with van der Waals surface area (Å²) in [4.78, 5) is 24.0. The van der Waals surface area contributed by atoms with Gasteiger partial charge in [0.15, 0.2) is 11.5 Å². The fourth-order valence-corrected chi connectivity index (χ4v) is 2.26. The number of hydrogen-bond donors (Lipinski definition) is 0. The van der Waals surface area contributed by atoms with Crippen molar-refractivity contribution in [2.45, 2.75) is 6.92 Å². The average Bonchev–Trinajstić information content (AvgIpc) is 2.72. The van der Waals surface area contributed by atoms with E-state index in [0.717, 1.165) is 0 Å². The number of carbonyl (C=O) groups excluding carboxylic acids is 2. The number of rotatable bonds is 7. The van der Waals surface area contributed by atoms with Crippen LogP contribution in [0.5, 0.6) is 17.2 Å². The molecular weight excluding hydrogens is 362 g/mol. The van der Waals surface area contributed by atoms with Crippen molar-refractivity contribution in [1.29, 1.82) is 5.26 Å². The molecular formula is C21H19NO6. The number of carbonyl (C=O) groups is 2. The summed E-state index contributed by atoms with van der Waals surface area (Å²) in [5.74, 6) is -0.167. The van der Waals surface area contributed by atoms with Crippen LogP contribution in [-0.4, -0.2) is 32.8 Å². The summed E-state index contributed by atoms with van der Waals surface area (Å²) in [6.45, 7) is 1.82. The first-order valence-corrected chi connectivity index (χ1v) is 8.35.